The van der Waals surface area contributed by atoms with Crippen molar-refractivity contribution < 1.29 is 9.53 Å². The molecule has 2 aromatic heterocycles. The first kappa shape index (κ1) is 13.1. The van der Waals surface area contributed by atoms with E-state index in [1.54, 1.807) is 24.5 Å². The average Bonchev–Trinajstić information content (AvgIpc) is 2.84. The molecule has 0 aromatic carbocycles. The first-order chi connectivity index (χ1) is 9.20. The largest absolute Gasteiger partial charge is 0.481 e. The maximum absolute atomic E-state index is 11.9. The summed E-state index contributed by atoms with van der Waals surface area (Å²) in [6, 6.07) is 3.26. The van der Waals surface area contributed by atoms with Gasteiger partial charge in [-0.05, 0) is 6.07 Å². The minimum Gasteiger partial charge on any atom is -0.481 e. The first-order valence-corrected chi connectivity index (χ1v) is 5.95. The number of ether oxygens (including phenoxy) is 1. The number of aromatic nitrogens is 3. The lowest BCUT2D eigenvalue weighted by Crippen LogP contribution is -2.26. The summed E-state index contributed by atoms with van der Waals surface area (Å²) in [7, 11) is 3.45. The molecule has 0 unspecified atom stereocenters. The number of pyridine rings is 1. The number of imidazole rings is 1. The van der Waals surface area contributed by atoms with Crippen LogP contribution >= 0.6 is 0 Å². The fourth-order valence-corrected chi connectivity index (χ4v) is 1.69. The van der Waals surface area contributed by atoms with Gasteiger partial charge in [0, 0.05) is 50.2 Å². The van der Waals surface area contributed by atoms with E-state index in [-0.39, 0.29) is 5.91 Å². The molecule has 1 N–H and O–H groups in total. The lowest BCUT2D eigenvalue weighted by atomic mass is 10.2. The minimum absolute atomic E-state index is 0.144. The van der Waals surface area contributed by atoms with Gasteiger partial charge in [-0.15, -0.1) is 0 Å². The monoisotopic (exact) mass is 260 g/mol. The second-order valence-electron chi connectivity index (χ2n) is 4.05. The maximum Gasteiger partial charge on any atom is 0.251 e. The van der Waals surface area contributed by atoms with Crippen LogP contribution in [0.4, 0.5) is 0 Å². The molecule has 2 aromatic rings. The Balaban J connectivity index is 1.89. The van der Waals surface area contributed by atoms with Crippen molar-refractivity contribution in [1.29, 1.82) is 0 Å². The van der Waals surface area contributed by atoms with E-state index in [1.807, 2.05) is 17.8 Å². The molecule has 0 spiro atoms. The Bertz CT molecular complexity index is 565. The van der Waals surface area contributed by atoms with Crippen LogP contribution in [-0.4, -0.2) is 34.1 Å². The summed E-state index contributed by atoms with van der Waals surface area (Å²) in [4.78, 5) is 20.1. The van der Waals surface area contributed by atoms with Gasteiger partial charge in [0.15, 0.2) is 0 Å². The standard InChI is InChI=1S/C13H16N4O2/c1-17-8-7-14-11(17)4-6-16-13(18)10-3-5-15-12(9-10)19-2/h3,5,7-9H,4,6H2,1-2H3,(H,16,18). The molecule has 0 radical (unpaired) electrons. The highest BCUT2D eigenvalue weighted by molar-refractivity contribution is 5.94. The van der Waals surface area contributed by atoms with Crippen molar-refractivity contribution in [3.8, 4) is 5.88 Å². The number of nitrogens with zero attached hydrogens (tertiary/aromatic N) is 3. The van der Waals surface area contributed by atoms with Gasteiger partial charge in [0.2, 0.25) is 5.88 Å². The zero-order chi connectivity index (χ0) is 13.7. The third kappa shape index (κ3) is 3.31. The molecular formula is C13H16N4O2. The normalized spacial score (nSPS) is 10.2. The fourth-order valence-electron chi connectivity index (χ4n) is 1.69. The molecular weight excluding hydrogens is 244 g/mol. The Morgan fingerprint density at radius 1 is 1.42 bits per heavy atom. The molecule has 0 bridgehead atoms. The second-order valence-corrected chi connectivity index (χ2v) is 4.05. The van der Waals surface area contributed by atoms with Crippen LogP contribution in [-0.2, 0) is 13.5 Å². The zero-order valence-electron chi connectivity index (χ0n) is 11.0. The number of hydrogen-bond acceptors (Lipinski definition) is 4. The van der Waals surface area contributed by atoms with Crippen molar-refractivity contribution in [2.75, 3.05) is 13.7 Å². The molecule has 2 heterocycles. The van der Waals surface area contributed by atoms with E-state index in [4.69, 9.17) is 4.74 Å². The number of amides is 1. The number of rotatable bonds is 5. The Morgan fingerprint density at radius 2 is 2.26 bits per heavy atom. The van der Waals surface area contributed by atoms with Crippen LogP contribution in [0.1, 0.15) is 16.2 Å². The topological polar surface area (TPSA) is 69.0 Å². The predicted molar refractivity (Wildman–Crippen MR) is 70.0 cm³/mol. The zero-order valence-corrected chi connectivity index (χ0v) is 11.0. The summed E-state index contributed by atoms with van der Waals surface area (Å²) in [6.45, 7) is 0.536. The van der Waals surface area contributed by atoms with Crippen molar-refractivity contribution in [2.45, 2.75) is 6.42 Å². The Labute approximate surface area is 111 Å². The smallest absolute Gasteiger partial charge is 0.251 e. The number of carbonyl (C=O) groups is 1. The number of carbonyl (C=O) groups excluding carboxylic acids is 1. The van der Waals surface area contributed by atoms with E-state index in [2.05, 4.69) is 15.3 Å². The van der Waals surface area contributed by atoms with Gasteiger partial charge in [-0.1, -0.05) is 0 Å². The van der Waals surface area contributed by atoms with Crippen LogP contribution in [0.3, 0.4) is 0 Å². The highest BCUT2D eigenvalue weighted by Crippen LogP contribution is 2.08. The van der Waals surface area contributed by atoms with Crippen LogP contribution in [0.25, 0.3) is 0 Å². The number of methoxy groups -OCH3 is 1. The molecule has 0 aliphatic carbocycles. The van der Waals surface area contributed by atoms with E-state index in [1.165, 1.54) is 7.11 Å². The molecule has 0 aliphatic rings. The van der Waals surface area contributed by atoms with Crippen LogP contribution < -0.4 is 10.1 Å². The van der Waals surface area contributed by atoms with Crippen LogP contribution in [0, 0.1) is 0 Å². The lowest BCUT2D eigenvalue weighted by Gasteiger charge is -2.06. The highest BCUT2D eigenvalue weighted by Gasteiger charge is 2.07. The average molecular weight is 260 g/mol. The Kier molecular flexibility index (Phi) is 4.12. The van der Waals surface area contributed by atoms with Gasteiger partial charge in [0.1, 0.15) is 5.82 Å². The van der Waals surface area contributed by atoms with Crippen LogP contribution in [0.2, 0.25) is 0 Å². The molecule has 1 amide bonds. The summed E-state index contributed by atoms with van der Waals surface area (Å²) >= 11 is 0. The molecule has 19 heavy (non-hydrogen) atoms. The van der Waals surface area contributed by atoms with E-state index in [0.717, 1.165) is 5.82 Å². The van der Waals surface area contributed by atoms with Gasteiger partial charge in [0.25, 0.3) is 5.91 Å². The van der Waals surface area contributed by atoms with E-state index < -0.39 is 0 Å². The van der Waals surface area contributed by atoms with Crippen molar-refractivity contribution in [3.05, 3.63) is 42.1 Å². The number of hydrogen-bond donors (Lipinski definition) is 1. The SMILES string of the molecule is COc1cc(C(=O)NCCc2nccn2C)ccn1. The van der Waals surface area contributed by atoms with E-state index in [0.29, 0.717) is 24.4 Å². The summed E-state index contributed by atoms with van der Waals surface area (Å²) < 4.78 is 6.91. The number of aryl methyl sites for hydroxylation is 1. The Hall–Kier alpha value is -2.37. The van der Waals surface area contributed by atoms with Crippen molar-refractivity contribution in [3.63, 3.8) is 0 Å². The van der Waals surface area contributed by atoms with Gasteiger partial charge >= 0.3 is 0 Å². The van der Waals surface area contributed by atoms with E-state index >= 15 is 0 Å². The highest BCUT2D eigenvalue weighted by atomic mass is 16.5. The van der Waals surface area contributed by atoms with Gasteiger partial charge in [-0.25, -0.2) is 9.97 Å². The minimum atomic E-state index is -0.144. The molecule has 100 valence electrons. The molecule has 0 aliphatic heterocycles. The summed E-state index contributed by atoms with van der Waals surface area (Å²) in [5.41, 5.74) is 0.534. The quantitative estimate of drug-likeness (QED) is 0.863. The maximum atomic E-state index is 11.9. The predicted octanol–water partition coefficient (Wildman–Crippen LogP) is 0.796. The summed E-state index contributed by atoms with van der Waals surface area (Å²) in [6.07, 6.45) is 5.86. The molecule has 0 fully saturated rings. The molecule has 0 atom stereocenters. The molecule has 6 nitrogen and oxygen atoms in total. The van der Waals surface area contributed by atoms with Gasteiger partial charge in [-0.3, -0.25) is 4.79 Å². The summed E-state index contributed by atoms with van der Waals surface area (Å²) in [5.74, 6) is 1.22. The fraction of sp³-hybridized carbons (Fsp3) is 0.308. The van der Waals surface area contributed by atoms with Crippen molar-refractivity contribution in [1.82, 2.24) is 19.9 Å². The molecule has 6 heteroatoms. The molecule has 0 saturated heterocycles. The number of nitrogens with one attached hydrogen (secondary N) is 1. The van der Waals surface area contributed by atoms with Crippen molar-refractivity contribution in [2.24, 2.45) is 7.05 Å². The van der Waals surface area contributed by atoms with E-state index in [9.17, 15) is 4.79 Å². The Morgan fingerprint density at radius 3 is 2.95 bits per heavy atom. The second kappa shape index (κ2) is 5.99. The summed E-state index contributed by atoms with van der Waals surface area (Å²) in [5, 5.41) is 2.84. The third-order valence-corrected chi connectivity index (χ3v) is 2.76. The molecule has 0 saturated carbocycles. The lowest BCUT2D eigenvalue weighted by molar-refractivity contribution is 0.0953. The molecule has 2 rings (SSSR count). The van der Waals surface area contributed by atoms with Gasteiger partial charge in [0.05, 0.1) is 7.11 Å². The van der Waals surface area contributed by atoms with Gasteiger partial charge < -0.3 is 14.6 Å². The van der Waals surface area contributed by atoms with Crippen LogP contribution in [0.5, 0.6) is 5.88 Å². The van der Waals surface area contributed by atoms with Crippen molar-refractivity contribution >= 4 is 5.91 Å². The first-order valence-electron chi connectivity index (χ1n) is 5.95. The third-order valence-electron chi connectivity index (χ3n) is 2.76. The van der Waals surface area contributed by atoms with Crippen LogP contribution in [0.15, 0.2) is 30.7 Å². The van der Waals surface area contributed by atoms with Gasteiger partial charge in [-0.2, -0.15) is 0 Å².